The average molecular weight is 619 g/mol. The number of carboxylic acid groups (broad SMARTS) is 2. The molecule has 2 aromatic carbocycles. The van der Waals surface area contributed by atoms with Gasteiger partial charge in [-0.15, -0.1) is 0 Å². The number of fused-ring (bicyclic) bond motifs is 2. The first-order valence-electron chi connectivity index (χ1n) is 14.3. The van der Waals surface area contributed by atoms with Crippen molar-refractivity contribution < 1.29 is 62.8 Å². The molecule has 0 bridgehead atoms. The normalized spacial score (nSPS) is 30.5. The fourth-order valence-electron chi connectivity index (χ4n) is 7.43. The van der Waals surface area contributed by atoms with Gasteiger partial charge in [0.05, 0.1) is 48.3 Å². The summed E-state index contributed by atoms with van der Waals surface area (Å²) in [6, 6.07) is 12.5. The van der Waals surface area contributed by atoms with Crippen molar-refractivity contribution in [1.82, 2.24) is 0 Å². The van der Waals surface area contributed by atoms with E-state index in [4.69, 9.17) is 4.74 Å². The van der Waals surface area contributed by atoms with Crippen LogP contribution in [0.5, 0.6) is 0 Å². The molecule has 13 heteroatoms. The minimum Gasteiger partial charge on any atom is -0.481 e. The second-order valence-corrected chi connectivity index (χ2v) is 11.7. The van der Waals surface area contributed by atoms with Gasteiger partial charge >= 0.3 is 47.8 Å². The van der Waals surface area contributed by atoms with Gasteiger partial charge in [-0.1, -0.05) is 48.5 Å². The Morgan fingerprint density at radius 2 is 0.933 bits per heavy atom. The number of hydrogen-bond acceptors (Lipinski definition) is 11. The van der Waals surface area contributed by atoms with Crippen LogP contribution in [0.2, 0.25) is 0 Å². The Balaban J connectivity index is 1.33. The molecule has 0 saturated carbocycles. The fraction of sp³-hybridized carbons (Fsp3) is 0.375. The van der Waals surface area contributed by atoms with E-state index < -0.39 is 95.1 Å². The summed E-state index contributed by atoms with van der Waals surface area (Å²) in [6.07, 6.45) is -0.948. The molecule has 2 N–H and O–H groups in total. The molecule has 45 heavy (non-hydrogen) atoms. The summed E-state index contributed by atoms with van der Waals surface area (Å²) >= 11 is 0. The van der Waals surface area contributed by atoms with Gasteiger partial charge < -0.3 is 24.4 Å². The standard InChI is InChI=1S/C32H26O13/c33-23-11-19(29(39)43-23)17-9-21(27(35)36)25(15-7-3-1-5-13(15)17)31(41)45-32(42)26-16-8-4-2-6-14(16)18(10-22(26)28(37)38)20-12-24(34)44-30(20)40/h1-8,17-22,25-26H,9-12H2,(H,35,36)(H,37,38). The predicted octanol–water partition coefficient (Wildman–Crippen LogP) is 2.18. The van der Waals surface area contributed by atoms with Gasteiger partial charge in [0.2, 0.25) is 0 Å². The molecule has 0 amide bonds. The zero-order valence-corrected chi connectivity index (χ0v) is 23.5. The number of cyclic esters (lactones) is 4. The van der Waals surface area contributed by atoms with E-state index >= 15 is 0 Å². The smallest absolute Gasteiger partial charge is 0.321 e. The average Bonchev–Trinajstić information content (AvgIpc) is 3.52. The highest BCUT2D eigenvalue weighted by atomic mass is 16.6. The third-order valence-electron chi connectivity index (χ3n) is 9.40. The molecule has 2 aromatic rings. The maximum absolute atomic E-state index is 13.7. The number of carbonyl (C=O) groups is 8. The first kappa shape index (κ1) is 29.9. The van der Waals surface area contributed by atoms with Crippen LogP contribution in [-0.2, 0) is 52.6 Å². The van der Waals surface area contributed by atoms with E-state index in [0.29, 0.717) is 11.1 Å². The highest BCUT2D eigenvalue weighted by Crippen LogP contribution is 2.51. The van der Waals surface area contributed by atoms with Crippen LogP contribution in [-0.4, -0.2) is 58.0 Å². The van der Waals surface area contributed by atoms with Gasteiger partial charge in [0.15, 0.2) is 0 Å². The van der Waals surface area contributed by atoms with Gasteiger partial charge in [0, 0.05) is 0 Å². The molecule has 0 aromatic heterocycles. The van der Waals surface area contributed by atoms with Crippen LogP contribution in [0.3, 0.4) is 0 Å². The molecule has 0 radical (unpaired) electrons. The Bertz CT molecular complexity index is 1550. The lowest BCUT2D eigenvalue weighted by Gasteiger charge is -2.37. The number of hydrogen-bond donors (Lipinski definition) is 2. The molecule has 6 rings (SSSR count). The Morgan fingerprint density at radius 3 is 1.24 bits per heavy atom. The van der Waals surface area contributed by atoms with Crippen LogP contribution >= 0.6 is 0 Å². The molecule has 2 fully saturated rings. The zero-order chi connectivity index (χ0) is 32.2. The van der Waals surface area contributed by atoms with Crippen LogP contribution < -0.4 is 0 Å². The van der Waals surface area contributed by atoms with Crippen LogP contribution in [0, 0.1) is 23.7 Å². The number of carbonyl (C=O) groups excluding carboxylic acids is 6. The molecule has 2 saturated heterocycles. The van der Waals surface area contributed by atoms with E-state index in [-0.39, 0.29) is 36.8 Å². The summed E-state index contributed by atoms with van der Waals surface area (Å²) in [5.41, 5.74) is 1.28. The maximum atomic E-state index is 13.7. The minimum absolute atomic E-state index is 0.203. The second-order valence-electron chi connectivity index (χ2n) is 11.7. The highest BCUT2D eigenvalue weighted by Gasteiger charge is 2.52. The van der Waals surface area contributed by atoms with E-state index in [1.165, 1.54) is 12.1 Å². The Morgan fingerprint density at radius 1 is 0.578 bits per heavy atom. The van der Waals surface area contributed by atoms with Gasteiger partial charge in [-0.05, 0) is 46.9 Å². The number of carboxylic acids is 2. The molecular formula is C32H26O13. The molecule has 2 aliphatic heterocycles. The summed E-state index contributed by atoms with van der Waals surface area (Å²) in [5.74, 6) is -17.5. The highest BCUT2D eigenvalue weighted by molar-refractivity contribution is 5.99. The number of benzene rings is 2. The van der Waals surface area contributed by atoms with Gasteiger partial charge in [0.25, 0.3) is 0 Å². The van der Waals surface area contributed by atoms with Gasteiger partial charge in [0.1, 0.15) is 0 Å². The zero-order valence-electron chi connectivity index (χ0n) is 23.5. The largest absolute Gasteiger partial charge is 0.481 e. The van der Waals surface area contributed by atoms with Crippen LogP contribution in [0.15, 0.2) is 48.5 Å². The fourth-order valence-corrected chi connectivity index (χ4v) is 7.43. The molecular weight excluding hydrogens is 592 g/mol. The van der Waals surface area contributed by atoms with Crippen molar-refractivity contribution in [3.8, 4) is 0 Å². The Labute approximate surface area is 254 Å². The maximum Gasteiger partial charge on any atom is 0.321 e. The van der Waals surface area contributed by atoms with Crippen molar-refractivity contribution in [2.45, 2.75) is 49.4 Å². The molecule has 2 aliphatic carbocycles. The van der Waals surface area contributed by atoms with E-state index in [0.717, 1.165) is 0 Å². The van der Waals surface area contributed by atoms with Crippen molar-refractivity contribution in [3.63, 3.8) is 0 Å². The Hall–Kier alpha value is -5.20. The summed E-state index contributed by atoms with van der Waals surface area (Å²) < 4.78 is 14.7. The van der Waals surface area contributed by atoms with E-state index in [2.05, 4.69) is 9.47 Å². The van der Waals surface area contributed by atoms with Gasteiger partial charge in [-0.3, -0.25) is 38.4 Å². The summed E-state index contributed by atoms with van der Waals surface area (Å²) in [5, 5.41) is 20.3. The number of ether oxygens (including phenoxy) is 3. The lowest BCUT2D eigenvalue weighted by atomic mass is 9.65. The van der Waals surface area contributed by atoms with Crippen molar-refractivity contribution in [2.75, 3.05) is 0 Å². The molecule has 13 nitrogen and oxygen atoms in total. The Kier molecular flexibility index (Phi) is 7.55. The van der Waals surface area contributed by atoms with Gasteiger partial charge in [-0.2, -0.15) is 0 Å². The number of rotatable bonds is 6. The van der Waals surface area contributed by atoms with Crippen molar-refractivity contribution >= 4 is 47.8 Å². The minimum atomic E-state index is -1.49. The topological polar surface area (TPSA) is 205 Å². The lowest BCUT2D eigenvalue weighted by Crippen LogP contribution is -2.41. The molecule has 2 heterocycles. The SMILES string of the molecule is O=C1CC(C2CC(C(=O)O)C(C(=O)OC(=O)C3c4ccccc4C(C4CC(=O)OC4=O)CC3C(=O)O)c3ccccc32)C(=O)O1. The first-order valence-corrected chi connectivity index (χ1v) is 14.3. The van der Waals surface area contributed by atoms with Crippen molar-refractivity contribution in [3.05, 3.63) is 70.8 Å². The molecule has 0 spiro atoms. The van der Waals surface area contributed by atoms with E-state index in [9.17, 15) is 48.6 Å². The monoisotopic (exact) mass is 618 g/mol. The number of aliphatic carboxylic acids is 2. The summed E-state index contributed by atoms with van der Waals surface area (Å²) in [4.78, 5) is 101. The molecule has 8 unspecified atom stereocenters. The lowest BCUT2D eigenvalue weighted by molar-refractivity contribution is -0.168. The quantitative estimate of drug-likeness (QED) is 0.271. The third kappa shape index (κ3) is 5.17. The van der Waals surface area contributed by atoms with E-state index in [1.807, 2.05) is 0 Å². The third-order valence-corrected chi connectivity index (χ3v) is 9.40. The van der Waals surface area contributed by atoms with Crippen LogP contribution in [0.1, 0.15) is 71.6 Å². The predicted molar refractivity (Wildman–Crippen MR) is 145 cm³/mol. The van der Waals surface area contributed by atoms with Gasteiger partial charge in [-0.25, -0.2) is 0 Å². The number of esters is 6. The summed E-state index contributed by atoms with van der Waals surface area (Å²) in [7, 11) is 0. The molecule has 232 valence electrons. The molecule has 4 aliphatic rings. The second kappa shape index (κ2) is 11.4. The van der Waals surface area contributed by atoms with Crippen molar-refractivity contribution in [2.24, 2.45) is 23.7 Å². The van der Waals surface area contributed by atoms with E-state index in [1.54, 1.807) is 36.4 Å². The van der Waals surface area contributed by atoms with Crippen molar-refractivity contribution in [1.29, 1.82) is 0 Å². The summed E-state index contributed by atoms with van der Waals surface area (Å²) in [6.45, 7) is 0. The van der Waals surface area contributed by atoms with Crippen LogP contribution in [0.25, 0.3) is 0 Å². The molecule has 8 atom stereocenters. The first-order chi connectivity index (χ1) is 21.5. The van der Waals surface area contributed by atoms with Crippen LogP contribution in [0.4, 0.5) is 0 Å².